The molecule has 7 nitrogen and oxygen atoms in total. The molecule has 0 unspecified atom stereocenters. The highest BCUT2D eigenvalue weighted by Gasteiger charge is 2.34. The molecule has 2 aromatic rings. The van der Waals surface area contributed by atoms with Crippen molar-refractivity contribution in [2.45, 2.75) is 38.8 Å². The quantitative estimate of drug-likeness (QED) is 0.809. The first kappa shape index (κ1) is 20.8. The number of piperazine rings is 1. The molecule has 2 aliphatic rings. The van der Waals surface area contributed by atoms with Crippen molar-refractivity contribution < 1.29 is 23.5 Å². The van der Waals surface area contributed by atoms with Crippen molar-refractivity contribution in [2.75, 3.05) is 39.3 Å². The van der Waals surface area contributed by atoms with Gasteiger partial charge < -0.3 is 19.3 Å². The summed E-state index contributed by atoms with van der Waals surface area (Å²) in [6.07, 6.45) is 0.607. The van der Waals surface area contributed by atoms with Crippen LogP contribution in [0.15, 0.2) is 22.6 Å². The van der Waals surface area contributed by atoms with Gasteiger partial charge in [0.1, 0.15) is 11.4 Å². The van der Waals surface area contributed by atoms with Crippen molar-refractivity contribution in [3.8, 4) is 0 Å². The Morgan fingerprint density at radius 2 is 1.77 bits per heavy atom. The van der Waals surface area contributed by atoms with Crippen LogP contribution < -0.4 is 0 Å². The predicted octanol–water partition coefficient (Wildman–Crippen LogP) is 2.01. The Kier molecular flexibility index (Phi) is 5.79. The predicted molar refractivity (Wildman–Crippen MR) is 110 cm³/mol. The fraction of sp³-hybridized carbons (Fsp3) is 0.545. The zero-order valence-corrected chi connectivity index (χ0v) is 17.4. The van der Waals surface area contributed by atoms with Gasteiger partial charge in [0, 0.05) is 63.2 Å². The molecule has 0 aliphatic carbocycles. The number of fused-ring (bicyclic) bond motifs is 1. The first-order valence-electron chi connectivity index (χ1n) is 10.5. The number of hydrogen-bond acceptors (Lipinski definition) is 5. The lowest BCUT2D eigenvalue weighted by molar-refractivity contribution is -0.131. The summed E-state index contributed by atoms with van der Waals surface area (Å²) < 4.78 is 19.3. The van der Waals surface area contributed by atoms with Gasteiger partial charge >= 0.3 is 0 Å². The summed E-state index contributed by atoms with van der Waals surface area (Å²) in [4.78, 5) is 30.5. The maximum absolute atomic E-state index is 13.6. The van der Waals surface area contributed by atoms with Crippen molar-refractivity contribution in [1.82, 2.24) is 14.7 Å². The SMILES string of the molecule is CC(=O)N1CCN([C@H]2CCN(C(=O)c3oc4ccc(F)cc4c3C)CC[C@@H]2O)CC1. The summed E-state index contributed by atoms with van der Waals surface area (Å²) in [5, 5.41) is 11.3. The van der Waals surface area contributed by atoms with Gasteiger partial charge in [-0.15, -0.1) is 0 Å². The van der Waals surface area contributed by atoms with Crippen LogP contribution in [0.3, 0.4) is 0 Å². The monoisotopic (exact) mass is 417 g/mol. The van der Waals surface area contributed by atoms with Crippen LogP contribution in [0.2, 0.25) is 0 Å². The zero-order valence-electron chi connectivity index (χ0n) is 17.4. The molecule has 3 heterocycles. The molecule has 162 valence electrons. The number of benzene rings is 1. The second-order valence-corrected chi connectivity index (χ2v) is 8.24. The number of aryl methyl sites for hydroxylation is 1. The Bertz CT molecular complexity index is 951. The Balaban J connectivity index is 1.45. The molecule has 2 atom stereocenters. The van der Waals surface area contributed by atoms with Crippen molar-refractivity contribution in [3.05, 3.63) is 35.3 Å². The molecule has 8 heteroatoms. The molecule has 0 saturated carbocycles. The third kappa shape index (κ3) is 3.94. The largest absolute Gasteiger partial charge is 0.451 e. The lowest BCUT2D eigenvalue weighted by Crippen LogP contribution is -2.54. The summed E-state index contributed by atoms with van der Waals surface area (Å²) in [6.45, 7) is 7.07. The minimum Gasteiger partial charge on any atom is -0.451 e. The average Bonchev–Trinajstić information content (AvgIpc) is 2.92. The van der Waals surface area contributed by atoms with E-state index >= 15 is 0 Å². The molecule has 0 bridgehead atoms. The maximum atomic E-state index is 13.6. The number of hydrogen-bond donors (Lipinski definition) is 1. The standard InChI is InChI=1S/C22H28FN3O4/c1-14-17-13-16(23)3-4-20(17)30-21(14)22(29)26-7-5-18(19(28)6-8-26)25-11-9-24(10-12-25)15(2)27/h3-4,13,18-19,28H,5-12H2,1-2H3/t18-,19-/m0/s1. The van der Waals surface area contributed by atoms with Crippen LogP contribution >= 0.6 is 0 Å². The van der Waals surface area contributed by atoms with Gasteiger partial charge in [-0.2, -0.15) is 0 Å². The summed E-state index contributed by atoms with van der Waals surface area (Å²) in [7, 11) is 0. The number of amides is 2. The maximum Gasteiger partial charge on any atom is 0.289 e. The van der Waals surface area contributed by atoms with Crippen LogP contribution in [-0.4, -0.2) is 83.0 Å². The Labute approximate surface area is 175 Å². The average molecular weight is 417 g/mol. The van der Waals surface area contributed by atoms with Crippen LogP contribution in [0.4, 0.5) is 4.39 Å². The van der Waals surface area contributed by atoms with E-state index in [1.165, 1.54) is 18.2 Å². The number of carbonyl (C=O) groups is 2. The van der Waals surface area contributed by atoms with Gasteiger partial charge in [-0.3, -0.25) is 14.5 Å². The van der Waals surface area contributed by atoms with E-state index in [2.05, 4.69) is 4.90 Å². The van der Waals surface area contributed by atoms with Gasteiger partial charge in [-0.25, -0.2) is 4.39 Å². The van der Waals surface area contributed by atoms with Crippen molar-refractivity contribution >= 4 is 22.8 Å². The van der Waals surface area contributed by atoms with Crippen molar-refractivity contribution in [1.29, 1.82) is 0 Å². The summed E-state index contributed by atoms with van der Waals surface area (Å²) in [6, 6.07) is 4.20. The van der Waals surface area contributed by atoms with E-state index in [0.717, 1.165) is 13.1 Å². The fourth-order valence-electron chi connectivity index (χ4n) is 4.61. The molecular formula is C22H28FN3O4. The van der Waals surface area contributed by atoms with Crippen LogP contribution in [0.25, 0.3) is 11.0 Å². The third-order valence-corrected chi connectivity index (χ3v) is 6.44. The number of carbonyl (C=O) groups excluding carboxylic acids is 2. The fourth-order valence-corrected chi connectivity index (χ4v) is 4.61. The number of likely N-dealkylation sites (tertiary alicyclic amines) is 1. The molecule has 2 amide bonds. The van der Waals surface area contributed by atoms with E-state index in [1.54, 1.807) is 18.7 Å². The minimum absolute atomic E-state index is 0.0391. The van der Waals surface area contributed by atoms with Gasteiger partial charge in [-0.05, 0) is 38.0 Å². The number of aliphatic hydroxyl groups is 1. The molecule has 0 spiro atoms. The normalized spacial score (nSPS) is 23.6. The van der Waals surface area contributed by atoms with Gasteiger partial charge in [0.15, 0.2) is 5.76 Å². The summed E-state index contributed by atoms with van der Waals surface area (Å²) in [5.74, 6) is -0.276. The second-order valence-electron chi connectivity index (χ2n) is 8.24. The number of furan rings is 1. The Morgan fingerprint density at radius 1 is 1.07 bits per heavy atom. The van der Waals surface area contributed by atoms with Crippen LogP contribution in [0.1, 0.15) is 35.9 Å². The molecule has 1 aromatic heterocycles. The van der Waals surface area contributed by atoms with Crippen LogP contribution in [0, 0.1) is 12.7 Å². The number of nitrogens with zero attached hydrogens (tertiary/aromatic N) is 3. The van der Waals surface area contributed by atoms with Crippen molar-refractivity contribution in [2.24, 2.45) is 0 Å². The lowest BCUT2D eigenvalue weighted by Gasteiger charge is -2.40. The highest BCUT2D eigenvalue weighted by atomic mass is 19.1. The summed E-state index contributed by atoms with van der Waals surface area (Å²) >= 11 is 0. The number of rotatable bonds is 2. The minimum atomic E-state index is -0.530. The molecule has 2 aliphatic heterocycles. The van der Waals surface area contributed by atoms with Crippen LogP contribution in [0.5, 0.6) is 0 Å². The van der Waals surface area contributed by atoms with Gasteiger partial charge in [0.2, 0.25) is 5.91 Å². The number of aliphatic hydroxyl groups excluding tert-OH is 1. The van der Waals surface area contributed by atoms with Crippen molar-refractivity contribution in [3.63, 3.8) is 0 Å². The van der Waals surface area contributed by atoms with E-state index in [1.807, 2.05) is 4.90 Å². The van der Waals surface area contributed by atoms with Gasteiger partial charge in [-0.1, -0.05) is 0 Å². The van der Waals surface area contributed by atoms with E-state index < -0.39 is 6.10 Å². The molecule has 2 fully saturated rings. The van der Waals surface area contributed by atoms with E-state index in [-0.39, 0.29) is 29.4 Å². The molecule has 1 aromatic carbocycles. The summed E-state index contributed by atoms with van der Waals surface area (Å²) in [5.41, 5.74) is 1.13. The van der Waals surface area contributed by atoms with Crippen LogP contribution in [-0.2, 0) is 4.79 Å². The van der Waals surface area contributed by atoms with Gasteiger partial charge in [0.05, 0.1) is 6.10 Å². The Morgan fingerprint density at radius 3 is 2.47 bits per heavy atom. The highest BCUT2D eigenvalue weighted by Crippen LogP contribution is 2.28. The third-order valence-electron chi connectivity index (χ3n) is 6.44. The lowest BCUT2D eigenvalue weighted by atomic mass is 10.0. The molecular weight excluding hydrogens is 389 g/mol. The highest BCUT2D eigenvalue weighted by molar-refractivity contribution is 5.99. The topological polar surface area (TPSA) is 77.2 Å². The van der Waals surface area contributed by atoms with Gasteiger partial charge in [0.25, 0.3) is 5.91 Å². The van der Waals surface area contributed by atoms with E-state index in [9.17, 15) is 19.1 Å². The molecule has 0 radical (unpaired) electrons. The molecule has 2 saturated heterocycles. The van der Waals surface area contributed by atoms with E-state index in [0.29, 0.717) is 55.6 Å². The molecule has 1 N–H and O–H groups in total. The van der Waals surface area contributed by atoms with E-state index in [4.69, 9.17) is 4.42 Å². The first-order chi connectivity index (χ1) is 14.3. The first-order valence-corrected chi connectivity index (χ1v) is 10.5. The zero-order chi connectivity index (χ0) is 21.4. The Hall–Kier alpha value is -2.45. The number of halogens is 1. The second kappa shape index (κ2) is 8.35. The smallest absolute Gasteiger partial charge is 0.289 e. The molecule has 4 rings (SSSR count). The molecule has 30 heavy (non-hydrogen) atoms.